The van der Waals surface area contributed by atoms with E-state index in [1.54, 1.807) is 18.2 Å². The molecule has 0 saturated heterocycles. The lowest BCUT2D eigenvalue weighted by molar-refractivity contribution is 0.305. The van der Waals surface area contributed by atoms with Gasteiger partial charge in [-0.3, -0.25) is 0 Å². The molecule has 0 saturated carbocycles. The van der Waals surface area contributed by atoms with Gasteiger partial charge in [0.25, 0.3) is 0 Å². The van der Waals surface area contributed by atoms with E-state index in [1.165, 1.54) is 12.1 Å². The molecule has 0 atom stereocenters. The second-order valence-corrected chi connectivity index (χ2v) is 5.00. The lowest BCUT2D eigenvalue weighted by Gasteiger charge is -2.10. The van der Waals surface area contributed by atoms with Crippen LogP contribution in [-0.2, 0) is 6.61 Å². The predicted octanol–water partition coefficient (Wildman–Crippen LogP) is 4.06. The molecule has 4 heteroatoms. The number of hydrogen-bond acceptors (Lipinski definition) is 2. The third kappa shape index (κ3) is 3.23. The van der Waals surface area contributed by atoms with Gasteiger partial charge in [0.1, 0.15) is 18.2 Å². The van der Waals surface area contributed by atoms with Crippen molar-refractivity contribution in [2.75, 3.05) is 5.73 Å². The van der Waals surface area contributed by atoms with Crippen molar-refractivity contribution >= 4 is 21.6 Å². The quantitative estimate of drug-likeness (QED) is 0.868. The van der Waals surface area contributed by atoms with E-state index < -0.39 is 0 Å². The summed E-state index contributed by atoms with van der Waals surface area (Å²) in [6.07, 6.45) is 0. The van der Waals surface area contributed by atoms with Gasteiger partial charge in [0, 0.05) is 16.2 Å². The molecule has 0 aromatic heterocycles. The fourth-order valence-electron chi connectivity index (χ4n) is 1.62. The van der Waals surface area contributed by atoms with Crippen LogP contribution in [0.15, 0.2) is 40.9 Å². The highest BCUT2D eigenvalue weighted by atomic mass is 79.9. The molecule has 2 rings (SSSR count). The molecule has 2 nitrogen and oxygen atoms in total. The molecule has 2 aromatic rings. The first-order valence-electron chi connectivity index (χ1n) is 5.48. The van der Waals surface area contributed by atoms with E-state index in [0.29, 0.717) is 18.0 Å². The van der Waals surface area contributed by atoms with E-state index in [0.717, 1.165) is 15.6 Å². The van der Waals surface area contributed by atoms with E-state index in [-0.39, 0.29) is 5.82 Å². The van der Waals surface area contributed by atoms with E-state index in [4.69, 9.17) is 10.5 Å². The number of anilines is 1. The number of hydrogen-bond donors (Lipinski definition) is 1. The van der Waals surface area contributed by atoms with Crippen molar-refractivity contribution in [1.29, 1.82) is 0 Å². The van der Waals surface area contributed by atoms with Crippen LogP contribution < -0.4 is 10.5 Å². The van der Waals surface area contributed by atoms with Gasteiger partial charge in [0.15, 0.2) is 0 Å². The number of ether oxygens (including phenoxy) is 1. The zero-order valence-electron chi connectivity index (χ0n) is 9.91. The van der Waals surface area contributed by atoms with Crippen molar-refractivity contribution < 1.29 is 9.13 Å². The summed E-state index contributed by atoms with van der Waals surface area (Å²) in [6.45, 7) is 2.24. The summed E-state index contributed by atoms with van der Waals surface area (Å²) in [6, 6.07) is 10.0. The first kappa shape index (κ1) is 12.9. The molecular weight excluding hydrogens is 297 g/mol. The van der Waals surface area contributed by atoms with Gasteiger partial charge < -0.3 is 10.5 Å². The molecule has 0 aliphatic heterocycles. The number of aryl methyl sites for hydroxylation is 1. The highest BCUT2D eigenvalue weighted by Crippen LogP contribution is 2.24. The van der Waals surface area contributed by atoms with Gasteiger partial charge in [-0.15, -0.1) is 0 Å². The molecule has 2 aromatic carbocycles. The van der Waals surface area contributed by atoms with Crippen LogP contribution in [0.4, 0.5) is 10.1 Å². The van der Waals surface area contributed by atoms with Gasteiger partial charge >= 0.3 is 0 Å². The summed E-state index contributed by atoms with van der Waals surface area (Å²) in [5.41, 5.74) is 8.16. The number of halogens is 2. The zero-order valence-corrected chi connectivity index (χ0v) is 11.5. The molecule has 0 unspecified atom stereocenters. The lowest BCUT2D eigenvalue weighted by Crippen LogP contribution is -1.99. The topological polar surface area (TPSA) is 35.2 Å². The van der Waals surface area contributed by atoms with Crippen molar-refractivity contribution in [1.82, 2.24) is 0 Å². The minimum Gasteiger partial charge on any atom is -0.489 e. The molecule has 0 amide bonds. The molecule has 0 heterocycles. The Labute approximate surface area is 114 Å². The Kier molecular flexibility index (Phi) is 3.87. The Bertz CT molecular complexity index is 551. The molecule has 18 heavy (non-hydrogen) atoms. The average molecular weight is 310 g/mol. The van der Waals surface area contributed by atoms with E-state index in [1.807, 2.05) is 13.0 Å². The van der Waals surface area contributed by atoms with Gasteiger partial charge in [0.05, 0.1) is 0 Å². The van der Waals surface area contributed by atoms with Crippen LogP contribution >= 0.6 is 15.9 Å². The Morgan fingerprint density at radius 3 is 2.72 bits per heavy atom. The van der Waals surface area contributed by atoms with Gasteiger partial charge in [-0.2, -0.15) is 0 Å². The van der Waals surface area contributed by atoms with Gasteiger partial charge in [0.2, 0.25) is 0 Å². The lowest BCUT2D eigenvalue weighted by atomic mass is 10.1. The van der Waals surface area contributed by atoms with E-state index >= 15 is 0 Å². The fraction of sp³-hybridized carbons (Fsp3) is 0.143. The Morgan fingerprint density at radius 2 is 2.00 bits per heavy atom. The maximum absolute atomic E-state index is 13.1. The minimum absolute atomic E-state index is 0.257. The van der Waals surface area contributed by atoms with Crippen LogP contribution in [0.2, 0.25) is 0 Å². The van der Waals surface area contributed by atoms with Crippen LogP contribution in [0.1, 0.15) is 11.1 Å². The summed E-state index contributed by atoms with van der Waals surface area (Å²) >= 11 is 3.35. The van der Waals surface area contributed by atoms with Crippen molar-refractivity contribution in [3.63, 3.8) is 0 Å². The molecule has 0 bridgehead atoms. The Morgan fingerprint density at radius 1 is 1.22 bits per heavy atom. The van der Waals surface area contributed by atoms with Crippen LogP contribution in [-0.4, -0.2) is 0 Å². The Balaban J connectivity index is 2.13. The van der Waals surface area contributed by atoms with Crippen LogP contribution in [0.5, 0.6) is 5.75 Å². The third-order valence-corrected chi connectivity index (χ3v) is 3.06. The second-order valence-electron chi connectivity index (χ2n) is 4.08. The summed E-state index contributed by atoms with van der Waals surface area (Å²) in [7, 11) is 0. The normalized spacial score (nSPS) is 10.4. The fourth-order valence-corrected chi connectivity index (χ4v) is 2.11. The SMILES string of the molecule is Cc1ccc(F)cc1COc1cc(N)cc(Br)c1. The maximum atomic E-state index is 13.1. The second kappa shape index (κ2) is 5.40. The molecule has 0 aliphatic carbocycles. The maximum Gasteiger partial charge on any atom is 0.123 e. The third-order valence-electron chi connectivity index (χ3n) is 2.60. The Hall–Kier alpha value is -1.55. The summed E-state index contributed by atoms with van der Waals surface area (Å²) < 4.78 is 19.6. The molecule has 0 fully saturated rings. The van der Waals surface area contributed by atoms with Gasteiger partial charge in [-0.25, -0.2) is 4.39 Å². The summed E-state index contributed by atoms with van der Waals surface area (Å²) in [4.78, 5) is 0. The van der Waals surface area contributed by atoms with Crippen molar-refractivity contribution in [2.24, 2.45) is 0 Å². The van der Waals surface area contributed by atoms with E-state index in [2.05, 4.69) is 15.9 Å². The van der Waals surface area contributed by atoms with Gasteiger partial charge in [-0.05, 0) is 42.3 Å². The van der Waals surface area contributed by atoms with Crippen LogP contribution in [0.25, 0.3) is 0 Å². The molecule has 94 valence electrons. The zero-order chi connectivity index (χ0) is 13.1. The predicted molar refractivity (Wildman–Crippen MR) is 74.0 cm³/mol. The van der Waals surface area contributed by atoms with Gasteiger partial charge in [-0.1, -0.05) is 22.0 Å². The molecule has 0 radical (unpaired) electrons. The summed E-state index contributed by atoms with van der Waals surface area (Å²) in [5, 5.41) is 0. The van der Waals surface area contributed by atoms with Crippen LogP contribution in [0, 0.1) is 12.7 Å². The van der Waals surface area contributed by atoms with Crippen molar-refractivity contribution in [3.8, 4) is 5.75 Å². The minimum atomic E-state index is -0.257. The number of nitrogen functional groups attached to an aromatic ring is 1. The molecule has 0 aliphatic rings. The first-order chi connectivity index (χ1) is 8.54. The van der Waals surface area contributed by atoms with E-state index in [9.17, 15) is 4.39 Å². The monoisotopic (exact) mass is 309 g/mol. The first-order valence-corrected chi connectivity index (χ1v) is 6.28. The number of nitrogens with two attached hydrogens (primary N) is 1. The van der Waals surface area contributed by atoms with Crippen molar-refractivity contribution in [3.05, 3.63) is 57.8 Å². The number of benzene rings is 2. The van der Waals surface area contributed by atoms with Crippen LogP contribution in [0.3, 0.4) is 0 Å². The smallest absolute Gasteiger partial charge is 0.123 e. The molecular formula is C14H13BrFNO. The average Bonchev–Trinajstić information content (AvgIpc) is 2.29. The standard InChI is InChI=1S/C14H13BrFNO/c1-9-2-3-12(16)4-10(9)8-18-14-6-11(15)5-13(17)7-14/h2-7H,8,17H2,1H3. The molecule has 2 N–H and O–H groups in total. The summed E-state index contributed by atoms with van der Waals surface area (Å²) in [5.74, 6) is 0.401. The van der Waals surface area contributed by atoms with Crippen molar-refractivity contribution in [2.45, 2.75) is 13.5 Å². The highest BCUT2D eigenvalue weighted by Gasteiger charge is 2.03. The largest absolute Gasteiger partial charge is 0.489 e. The highest BCUT2D eigenvalue weighted by molar-refractivity contribution is 9.10. The molecule has 0 spiro atoms. The number of rotatable bonds is 3.